The molecule has 14 heavy (non-hydrogen) atoms. The van der Waals surface area contributed by atoms with Crippen LogP contribution in [0.15, 0.2) is 0 Å². The molecule has 0 aromatic heterocycles. The van der Waals surface area contributed by atoms with Gasteiger partial charge >= 0.3 is 5.97 Å². The third-order valence-electron chi connectivity index (χ3n) is 1.86. The number of ether oxygens (including phenoxy) is 1. The van der Waals surface area contributed by atoms with Crippen LogP contribution in [0.4, 0.5) is 0 Å². The van der Waals surface area contributed by atoms with E-state index < -0.39 is 22.5 Å². The van der Waals surface area contributed by atoms with Crippen molar-refractivity contribution in [1.29, 1.82) is 0 Å². The number of hydrogen-bond acceptors (Lipinski definition) is 3. The topological polar surface area (TPSA) is 63.6 Å². The maximum absolute atomic E-state index is 11.5. The van der Waals surface area contributed by atoms with E-state index >= 15 is 0 Å². The van der Waals surface area contributed by atoms with Crippen molar-refractivity contribution in [3.8, 4) is 0 Å². The molecule has 1 N–H and O–H groups in total. The zero-order valence-electron chi connectivity index (χ0n) is 8.29. The Morgan fingerprint density at radius 2 is 2.21 bits per heavy atom. The Balaban J connectivity index is 4.51. The van der Waals surface area contributed by atoms with Crippen LogP contribution in [0.25, 0.3) is 0 Å². The minimum atomic E-state index is -1.98. The molecule has 84 valence electrons. The van der Waals surface area contributed by atoms with Crippen LogP contribution in [0.1, 0.15) is 20.3 Å². The Morgan fingerprint density at radius 3 is 2.57 bits per heavy atom. The summed E-state index contributed by atoms with van der Waals surface area (Å²) in [5.41, 5.74) is -0.876. The third kappa shape index (κ3) is 4.52. The zero-order valence-corrected chi connectivity index (χ0v) is 10.7. The number of hydrogen-bond donors (Lipinski definition) is 1. The highest BCUT2D eigenvalue weighted by Gasteiger charge is 2.35. The van der Waals surface area contributed by atoms with E-state index in [0.717, 1.165) is 0 Å². The lowest BCUT2D eigenvalue weighted by Crippen LogP contribution is -2.35. The highest BCUT2D eigenvalue weighted by molar-refractivity contribution is 9.09. The van der Waals surface area contributed by atoms with E-state index in [2.05, 4.69) is 15.9 Å². The summed E-state index contributed by atoms with van der Waals surface area (Å²) in [6, 6.07) is 0. The number of alkyl halides is 1. The molecule has 0 aliphatic rings. The van der Waals surface area contributed by atoms with Gasteiger partial charge in [-0.1, -0.05) is 15.9 Å². The molecule has 6 heteroatoms. The van der Waals surface area contributed by atoms with Crippen molar-refractivity contribution in [2.45, 2.75) is 20.3 Å². The van der Waals surface area contributed by atoms with E-state index in [1.807, 2.05) is 0 Å². The monoisotopic (exact) mass is 286 g/mol. The van der Waals surface area contributed by atoms with E-state index in [4.69, 9.17) is 9.29 Å². The van der Waals surface area contributed by atoms with Crippen molar-refractivity contribution >= 4 is 33.0 Å². The van der Waals surface area contributed by atoms with Crippen LogP contribution in [-0.4, -0.2) is 32.4 Å². The summed E-state index contributed by atoms with van der Waals surface area (Å²) in [5.74, 6) is -0.501. The summed E-state index contributed by atoms with van der Waals surface area (Å²) in [6.45, 7) is 3.64. The molecule has 0 saturated carbocycles. The van der Waals surface area contributed by atoms with E-state index in [1.165, 1.54) is 0 Å². The van der Waals surface area contributed by atoms with Gasteiger partial charge in [0.25, 0.3) is 0 Å². The van der Waals surface area contributed by atoms with Crippen LogP contribution in [0.5, 0.6) is 0 Å². The lowest BCUT2D eigenvalue weighted by atomic mass is 9.90. The molecule has 0 fully saturated rings. The summed E-state index contributed by atoms with van der Waals surface area (Å²) in [7, 11) is 0. The zero-order chi connectivity index (χ0) is 11.2. The highest BCUT2D eigenvalue weighted by atomic mass is 79.9. The van der Waals surface area contributed by atoms with Crippen LogP contribution in [0.3, 0.4) is 0 Å². The van der Waals surface area contributed by atoms with Gasteiger partial charge in [-0.2, -0.15) is 0 Å². The van der Waals surface area contributed by atoms with Gasteiger partial charge in [-0.25, -0.2) is 4.21 Å². The van der Waals surface area contributed by atoms with E-state index in [9.17, 15) is 9.00 Å². The first-order chi connectivity index (χ1) is 6.46. The summed E-state index contributed by atoms with van der Waals surface area (Å²) >= 11 is 1.22. The molecule has 0 aromatic carbocycles. The van der Waals surface area contributed by atoms with E-state index in [1.54, 1.807) is 13.8 Å². The van der Waals surface area contributed by atoms with E-state index in [0.29, 0.717) is 11.8 Å². The summed E-state index contributed by atoms with van der Waals surface area (Å²) < 4.78 is 24.3. The molecular formula is C8H15BrO4S. The second-order valence-electron chi connectivity index (χ2n) is 3.19. The smallest absolute Gasteiger partial charge is 0.312 e. The molecule has 0 saturated heterocycles. The van der Waals surface area contributed by atoms with Crippen molar-refractivity contribution in [3.63, 3.8) is 0 Å². The Bertz CT molecular complexity index is 221. The molecule has 0 aromatic rings. The van der Waals surface area contributed by atoms with Crippen LogP contribution in [-0.2, 0) is 20.6 Å². The fourth-order valence-corrected chi connectivity index (χ4v) is 2.70. The van der Waals surface area contributed by atoms with Gasteiger partial charge in [0.15, 0.2) is 11.1 Å². The second kappa shape index (κ2) is 6.53. The van der Waals surface area contributed by atoms with Gasteiger partial charge in [0.2, 0.25) is 0 Å². The Labute approximate surface area is 94.8 Å². The summed E-state index contributed by atoms with van der Waals surface area (Å²) in [6.07, 6.45) is 0.484. The molecule has 0 aliphatic carbocycles. The molecule has 2 atom stereocenters. The number of halogens is 1. The average Bonchev–Trinajstić information content (AvgIpc) is 2.03. The molecule has 0 aliphatic heterocycles. The summed E-state index contributed by atoms with van der Waals surface area (Å²) in [4.78, 5) is 11.5. The predicted octanol–water partition coefficient (Wildman–Crippen LogP) is 1.56. The number of carbonyl (C=O) groups excluding carboxylic acids is 1. The predicted molar refractivity (Wildman–Crippen MR) is 58.8 cm³/mol. The van der Waals surface area contributed by atoms with Gasteiger partial charge in [0, 0.05) is 5.33 Å². The van der Waals surface area contributed by atoms with Gasteiger partial charge in [-0.15, -0.1) is 0 Å². The Morgan fingerprint density at radius 1 is 1.64 bits per heavy atom. The molecule has 0 heterocycles. The fourth-order valence-electron chi connectivity index (χ4n) is 1.02. The maximum atomic E-state index is 11.5. The van der Waals surface area contributed by atoms with Crippen LogP contribution in [0, 0.1) is 5.41 Å². The molecule has 0 amide bonds. The molecule has 0 spiro atoms. The SMILES string of the molecule is CCOC(=O)[C@@](C)(CCBr)CS(=O)O. The fraction of sp³-hybridized carbons (Fsp3) is 0.875. The first kappa shape index (κ1) is 14.1. The average molecular weight is 287 g/mol. The van der Waals surface area contributed by atoms with Gasteiger partial charge in [-0.05, 0) is 20.3 Å². The van der Waals surface area contributed by atoms with Crippen molar-refractivity contribution in [2.75, 3.05) is 17.7 Å². The minimum Gasteiger partial charge on any atom is -0.466 e. The lowest BCUT2D eigenvalue weighted by molar-refractivity contribution is -0.153. The molecule has 0 bridgehead atoms. The van der Waals surface area contributed by atoms with Crippen LogP contribution < -0.4 is 0 Å². The van der Waals surface area contributed by atoms with E-state index in [-0.39, 0.29) is 12.4 Å². The van der Waals surface area contributed by atoms with Crippen LogP contribution >= 0.6 is 15.9 Å². The first-order valence-electron chi connectivity index (χ1n) is 4.27. The van der Waals surface area contributed by atoms with Crippen molar-refractivity contribution in [2.24, 2.45) is 5.41 Å². The normalized spacial score (nSPS) is 17.1. The lowest BCUT2D eigenvalue weighted by Gasteiger charge is -2.24. The molecule has 1 unspecified atom stereocenters. The van der Waals surface area contributed by atoms with Crippen LogP contribution in [0.2, 0.25) is 0 Å². The first-order valence-corrected chi connectivity index (χ1v) is 6.66. The second-order valence-corrected chi connectivity index (χ2v) is 4.91. The van der Waals surface area contributed by atoms with Crippen molar-refractivity contribution < 1.29 is 18.3 Å². The van der Waals surface area contributed by atoms with Gasteiger partial charge in [-0.3, -0.25) is 4.79 Å². The summed E-state index contributed by atoms with van der Waals surface area (Å²) in [5, 5.41) is 0.597. The third-order valence-corrected chi connectivity index (χ3v) is 3.14. The van der Waals surface area contributed by atoms with Gasteiger partial charge in [0.05, 0.1) is 17.8 Å². The van der Waals surface area contributed by atoms with Gasteiger partial charge < -0.3 is 9.29 Å². The Kier molecular flexibility index (Phi) is 6.55. The Hall–Kier alpha value is 0.0600. The highest BCUT2D eigenvalue weighted by Crippen LogP contribution is 2.25. The number of rotatable bonds is 6. The van der Waals surface area contributed by atoms with Crippen molar-refractivity contribution in [3.05, 3.63) is 0 Å². The molecular weight excluding hydrogens is 272 g/mol. The largest absolute Gasteiger partial charge is 0.466 e. The molecule has 0 radical (unpaired) electrons. The quantitative estimate of drug-likeness (QED) is 0.457. The molecule has 4 nitrogen and oxygen atoms in total. The standard InChI is InChI=1S/C8H15BrO4S/c1-3-13-7(10)8(2,4-5-9)6-14(11)12/h3-6H2,1-2H3,(H,11,12)/t8-/m0/s1. The maximum Gasteiger partial charge on any atom is 0.312 e. The molecule has 0 rings (SSSR count). The number of carbonyl (C=O) groups is 1. The minimum absolute atomic E-state index is 0.0859. The van der Waals surface area contributed by atoms with Crippen molar-refractivity contribution in [1.82, 2.24) is 0 Å². The number of esters is 1. The van der Waals surface area contributed by atoms with Gasteiger partial charge in [0.1, 0.15) is 0 Å².